The van der Waals surface area contributed by atoms with Gasteiger partial charge in [0.25, 0.3) is 0 Å². The molecule has 3 atom stereocenters. The molecule has 2 N–H and O–H groups in total. The van der Waals surface area contributed by atoms with Crippen molar-refractivity contribution in [3.63, 3.8) is 0 Å². The average molecular weight is 245 g/mol. The fourth-order valence-electron chi connectivity index (χ4n) is 3.16. The van der Waals surface area contributed by atoms with Crippen LogP contribution in [0.2, 0.25) is 0 Å². The molecule has 2 aliphatic heterocycles. The third-order valence-corrected chi connectivity index (χ3v) is 4.12. The number of amides is 1. The van der Waals surface area contributed by atoms with Crippen LogP contribution in [-0.2, 0) is 4.79 Å². The second kappa shape index (κ2) is 4.35. The molecule has 0 spiro atoms. The molecular formula is C14H19N3O. The van der Waals surface area contributed by atoms with Crippen molar-refractivity contribution in [1.82, 2.24) is 10.3 Å². The van der Waals surface area contributed by atoms with Crippen molar-refractivity contribution >= 4 is 11.6 Å². The summed E-state index contributed by atoms with van der Waals surface area (Å²) >= 11 is 0. The van der Waals surface area contributed by atoms with Gasteiger partial charge in [0, 0.05) is 17.8 Å². The van der Waals surface area contributed by atoms with Gasteiger partial charge in [0.2, 0.25) is 5.91 Å². The maximum absolute atomic E-state index is 12.3. The van der Waals surface area contributed by atoms with Gasteiger partial charge >= 0.3 is 0 Å². The molecule has 4 heteroatoms. The first-order valence-corrected chi connectivity index (χ1v) is 6.64. The zero-order chi connectivity index (χ0) is 12.7. The van der Waals surface area contributed by atoms with E-state index in [0.29, 0.717) is 12.1 Å². The first-order valence-electron chi connectivity index (χ1n) is 6.64. The summed E-state index contributed by atoms with van der Waals surface area (Å²) in [7, 11) is 0. The molecule has 2 aliphatic rings. The zero-order valence-corrected chi connectivity index (χ0v) is 10.9. The molecule has 18 heavy (non-hydrogen) atoms. The molecule has 0 saturated carbocycles. The summed E-state index contributed by atoms with van der Waals surface area (Å²) in [4.78, 5) is 16.6. The normalized spacial score (nSPS) is 29.6. The van der Waals surface area contributed by atoms with Crippen LogP contribution in [0, 0.1) is 19.8 Å². The summed E-state index contributed by atoms with van der Waals surface area (Å²) in [6.45, 7) is 3.89. The molecule has 4 nitrogen and oxygen atoms in total. The van der Waals surface area contributed by atoms with Gasteiger partial charge < -0.3 is 10.6 Å². The van der Waals surface area contributed by atoms with Gasteiger partial charge in [0.1, 0.15) is 0 Å². The van der Waals surface area contributed by atoms with Gasteiger partial charge in [-0.15, -0.1) is 0 Å². The highest BCUT2D eigenvalue weighted by Crippen LogP contribution is 2.34. The van der Waals surface area contributed by atoms with Gasteiger partial charge in [-0.05, 0) is 45.2 Å². The van der Waals surface area contributed by atoms with Crippen molar-refractivity contribution in [1.29, 1.82) is 0 Å². The largest absolute Gasteiger partial charge is 0.324 e. The topological polar surface area (TPSA) is 54.0 Å². The third-order valence-electron chi connectivity index (χ3n) is 4.12. The standard InChI is InChI=1S/C14H19N3O/c1-8-3-5-12(9(2)15-8)17-14(18)11-7-10-4-6-13(11)16-10/h3,5,10-11,13,16H,4,6-7H2,1-2H3,(H,17,18). The Kier molecular flexibility index (Phi) is 2.82. The van der Waals surface area contributed by atoms with E-state index in [1.54, 1.807) is 0 Å². The monoisotopic (exact) mass is 245 g/mol. The van der Waals surface area contributed by atoms with E-state index in [1.165, 1.54) is 6.42 Å². The molecular weight excluding hydrogens is 226 g/mol. The predicted octanol–water partition coefficient (Wildman–Crippen LogP) is 1.78. The van der Waals surface area contributed by atoms with Crippen LogP contribution in [-0.4, -0.2) is 23.0 Å². The number of nitrogens with one attached hydrogen (secondary N) is 2. The van der Waals surface area contributed by atoms with Crippen LogP contribution in [0.15, 0.2) is 12.1 Å². The minimum Gasteiger partial charge on any atom is -0.324 e. The zero-order valence-electron chi connectivity index (χ0n) is 10.9. The van der Waals surface area contributed by atoms with Crippen molar-refractivity contribution in [3.05, 3.63) is 23.5 Å². The summed E-state index contributed by atoms with van der Waals surface area (Å²) in [6, 6.07) is 4.81. The number of nitrogens with zero attached hydrogens (tertiary/aromatic N) is 1. The van der Waals surface area contributed by atoms with Crippen LogP contribution in [0.4, 0.5) is 5.69 Å². The van der Waals surface area contributed by atoms with Crippen molar-refractivity contribution in [3.8, 4) is 0 Å². The lowest BCUT2D eigenvalue weighted by atomic mass is 9.88. The summed E-state index contributed by atoms with van der Waals surface area (Å²) < 4.78 is 0. The lowest BCUT2D eigenvalue weighted by Crippen LogP contribution is -2.33. The lowest BCUT2D eigenvalue weighted by Gasteiger charge is -2.19. The number of carbonyl (C=O) groups excluding carboxylic acids is 1. The van der Waals surface area contributed by atoms with E-state index in [0.717, 1.165) is 29.9 Å². The Morgan fingerprint density at radius 1 is 1.39 bits per heavy atom. The van der Waals surface area contributed by atoms with Crippen LogP contribution in [0.1, 0.15) is 30.7 Å². The molecule has 2 fully saturated rings. The van der Waals surface area contributed by atoms with Gasteiger partial charge in [-0.25, -0.2) is 0 Å². The Labute approximate surface area is 107 Å². The maximum atomic E-state index is 12.3. The summed E-state index contributed by atoms with van der Waals surface area (Å²) in [5.41, 5.74) is 2.71. The van der Waals surface area contributed by atoms with E-state index >= 15 is 0 Å². The van der Waals surface area contributed by atoms with Gasteiger partial charge in [-0.2, -0.15) is 0 Å². The highest BCUT2D eigenvalue weighted by molar-refractivity contribution is 5.93. The SMILES string of the molecule is Cc1ccc(NC(=O)C2CC3CCC2N3)c(C)n1. The van der Waals surface area contributed by atoms with Gasteiger partial charge in [-0.3, -0.25) is 9.78 Å². The predicted molar refractivity (Wildman–Crippen MR) is 70.4 cm³/mol. The Balaban J connectivity index is 1.71. The quantitative estimate of drug-likeness (QED) is 0.835. The average Bonchev–Trinajstić information content (AvgIpc) is 2.94. The van der Waals surface area contributed by atoms with Crippen molar-refractivity contribution < 1.29 is 4.79 Å². The van der Waals surface area contributed by atoms with Gasteiger partial charge in [-0.1, -0.05) is 0 Å². The summed E-state index contributed by atoms with van der Waals surface area (Å²) in [5.74, 6) is 0.271. The minimum atomic E-state index is 0.129. The van der Waals surface area contributed by atoms with E-state index in [2.05, 4.69) is 15.6 Å². The van der Waals surface area contributed by atoms with Crippen LogP contribution in [0.5, 0.6) is 0 Å². The molecule has 3 heterocycles. The smallest absolute Gasteiger partial charge is 0.229 e. The van der Waals surface area contributed by atoms with E-state index in [4.69, 9.17) is 0 Å². The van der Waals surface area contributed by atoms with E-state index in [-0.39, 0.29) is 11.8 Å². The molecule has 1 aromatic rings. The molecule has 2 bridgehead atoms. The van der Waals surface area contributed by atoms with Crippen LogP contribution in [0.25, 0.3) is 0 Å². The fourth-order valence-corrected chi connectivity index (χ4v) is 3.16. The van der Waals surface area contributed by atoms with Crippen LogP contribution in [0.3, 0.4) is 0 Å². The number of rotatable bonds is 2. The van der Waals surface area contributed by atoms with E-state index in [1.807, 2.05) is 26.0 Å². The fraction of sp³-hybridized carbons (Fsp3) is 0.571. The Bertz CT molecular complexity index is 486. The summed E-state index contributed by atoms with van der Waals surface area (Å²) in [6.07, 6.45) is 3.34. The number of carbonyl (C=O) groups is 1. The van der Waals surface area contributed by atoms with Gasteiger partial charge in [0.15, 0.2) is 0 Å². The molecule has 96 valence electrons. The second-order valence-corrected chi connectivity index (χ2v) is 5.46. The maximum Gasteiger partial charge on any atom is 0.229 e. The number of hydrogen-bond acceptors (Lipinski definition) is 3. The molecule has 3 rings (SSSR count). The Hall–Kier alpha value is -1.42. The number of aromatic nitrogens is 1. The molecule has 1 aromatic heterocycles. The number of aryl methyl sites for hydroxylation is 2. The first-order chi connectivity index (χ1) is 8.63. The Morgan fingerprint density at radius 3 is 2.83 bits per heavy atom. The highest BCUT2D eigenvalue weighted by atomic mass is 16.2. The number of pyridine rings is 1. The number of anilines is 1. The highest BCUT2D eigenvalue weighted by Gasteiger charge is 2.42. The number of hydrogen-bond donors (Lipinski definition) is 2. The van der Waals surface area contributed by atoms with E-state index < -0.39 is 0 Å². The lowest BCUT2D eigenvalue weighted by molar-refractivity contribution is -0.120. The molecule has 0 aromatic carbocycles. The summed E-state index contributed by atoms with van der Waals surface area (Å²) in [5, 5.41) is 6.51. The molecule has 0 radical (unpaired) electrons. The molecule has 0 aliphatic carbocycles. The third kappa shape index (κ3) is 2.01. The second-order valence-electron chi connectivity index (χ2n) is 5.46. The number of fused-ring (bicyclic) bond motifs is 2. The Morgan fingerprint density at radius 2 is 2.22 bits per heavy atom. The van der Waals surface area contributed by atoms with Gasteiger partial charge in [0.05, 0.1) is 17.3 Å². The van der Waals surface area contributed by atoms with Crippen LogP contribution >= 0.6 is 0 Å². The minimum absolute atomic E-state index is 0.129. The van der Waals surface area contributed by atoms with Crippen molar-refractivity contribution in [2.24, 2.45) is 5.92 Å². The first kappa shape index (κ1) is 11.7. The van der Waals surface area contributed by atoms with Crippen molar-refractivity contribution in [2.45, 2.75) is 45.2 Å². The van der Waals surface area contributed by atoms with E-state index in [9.17, 15) is 4.79 Å². The molecule has 1 amide bonds. The molecule has 2 saturated heterocycles. The van der Waals surface area contributed by atoms with Crippen molar-refractivity contribution in [2.75, 3.05) is 5.32 Å². The van der Waals surface area contributed by atoms with Crippen LogP contribution < -0.4 is 10.6 Å². The molecule has 3 unspecified atom stereocenters.